The van der Waals surface area contributed by atoms with Crippen molar-refractivity contribution in [3.8, 4) is 11.5 Å². The highest BCUT2D eigenvalue weighted by Gasteiger charge is 2.15. The largest absolute Gasteiger partial charge is 0.454 e. The van der Waals surface area contributed by atoms with Gasteiger partial charge in [0.2, 0.25) is 6.79 Å². The standard InChI is InChI=1S/C20H18N2O4/c23-17(16-7-3-5-13-4-1-2-6-15(13)16)11-21-20(24)22-14-8-9-18-19(10-14)26-12-25-18/h1-10,17,23H,11-12H2,(H2,21,22,24)/t17-/m0/s1. The maximum Gasteiger partial charge on any atom is 0.319 e. The summed E-state index contributed by atoms with van der Waals surface area (Å²) in [4.78, 5) is 12.1. The van der Waals surface area contributed by atoms with Crippen LogP contribution in [-0.4, -0.2) is 24.5 Å². The molecule has 6 heteroatoms. The minimum absolute atomic E-state index is 0.102. The molecule has 6 nitrogen and oxygen atoms in total. The van der Waals surface area contributed by atoms with Gasteiger partial charge < -0.3 is 25.2 Å². The molecule has 0 unspecified atom stereocenters. The highest BCUT2D eigenvalue weighted by atomic mass is 16.7. The lowest BCUT2D eigenvalue weighted by Gasteiger charge is -2.15. The summed E-state index contributed by atoms with van der Waals surface area (Å²) >= 11 is 0. The van der Waals surface area contributed by atoms with E-state index in [1.54, 1.807) is 18.2 Å². The predicted octanol–water partition coefficient (Wildman–Crippen LogP) is 3.42. The van der Waals surface area contributed by atoms with Crippen LogP contribution >= 0.6 is 0 Å². The number of aliphatic hydroxyl groups excluding tert-OH is 1. The van der Waals surface area contributed by atoms with Crippen LogP contribution < -0.4 is 20.1 Å². The zero-order valence-corrected chi connectivity index (χ0v) is 13.9. The van der Waals surface area contributed by atoms with Crippen molar-refractivity contribution in [1.29, 1.82) is 0 Å². The van der Waals surface area contributed by atoms with Gasteiger partial charge in [-0.15, -0.1) is 0 Å². The van der Waals surface area contributed by atoms with E-state index >= 15 is 0 Å². The number of hydrogen-bond acceptors (Lipinski definition) is 4. The van der Waals surface area contributed by atoms with Crippen molar-refractivity contribution < 1.29 is 19.4 Å². The number of rotatable bonds is 4. The second kappa shape index (κ2) is 6.93. The lowest BCUT2D eigenvalue weighted by molar-refractivity contribution is 0.174. The van der Waals surface area contributed by atoms with Gasteiger partial charge in [0, 0.05) is 18.3 Å². The summed E-state index contributed by atoms with van der Waals surface area (Å²) in [6, 6.07) is 18.4. The van der Waals surface area contributed by atoms with E-state index in [4.69, 9.17) is 9.47 Å². The lowest BCUT2D eigenvalue weighted by Crippen LogP contribution is -2.32. The van der Waals surface area contributed by atoms with Crippen LogP contribution in [0.4, 0.5) is 10.5 Å². The third kappa shape index (κ3) is 3.27. The first-order chi connectivity index (χ1) is 12.7. The van der Waals surface area contributed by atoms with E-state index in [1.165, 1.54) is 0 Å². The van der Waals surface area contributed by atoms with Crippen LogP contribution in [0.5, 0.6) is 11.5 Å². The molecule has 2 amide bonds. The Bertz CT molecular complexity index is 952. The van der Waals surface area contributed by atoms with Crippen LogP contribution in [0.1, 0.15) is 11.7 Å². The van der Waals surface area contributed by atoms with E-state index in [1.807, 2.05) is 42.5 Å². The monoisotopic (exact) mass is 350 g/mol. The summed E-state index contributed by atoms with van der Waals surface area (Å²) in [5, 5.41) is 17.9. The number of carbonyl (C=O) groups excluding carboxylic acids is 1. The van der Waals surface area contributed by atoms with Crippen molar-refractivity contribution in [3.63, 3.8) is 0 Å². The molecule has 0 saturated carbocycles. The first-order valence-corrected chi connectivity index (χ1v) is 8.31. The molecule has 3 aromatic carbocycles. The first kappa shape index (κ1) is 16.2. The topological polar surface area (TPSA) is 79.8 Å². The smallest absolute Gasteiger partial charge is 0.319 e. The maximum atomic E-state index is 12.1. The number of urea groups is 1. The highest BCUT2D eigenvalue weighted by molar-refractivity contribution is 5.90. The number of benzene rings is 3. The Hall–Kier alpha value is -3.25. The van der Waals surface area contributed by atoms with Gasteiger partial charge in [-0.1, -0.05) is 42.5 Å². The summed E-state index contributed by atoms with van der Waals surface area (Å²) < 4.78 is 10.5. The number of amides is 2. The lowest BCUT2D eigenvalue weighted by atomic mass is 10.0. The molecular weight excluding hydrogens is 332 g/mol. The summed E-state index contributed by atoms with van der Waals surface area (Å²) in [5.41, 5.74) is 1.37. The van der Waals surface area contributed by atoms with E-state index < -0.39 is 12.1 Å². The fraction of sp³-hybridized carbons (Fsp3) is 0.150. The summed E-state index contributed by atoms with van der Waals surface area (Å²) in [5.74, 6) is 1.25. The first-order valence-electron chi connectivity index (χ1n) is 8.31. The molecule has 1 aliphatic heterocycles. The van der Waals surface area contributed by atoms with E-state index in [0.29, 0.717) is 17.2 Å². The van der Waals surface area contributed by atoms with E-state index in [9.17, 15) is 9.90 Å². The zero-order chi connectivity index (χ0) is 17.9. The SMILES string of the molecule is O=C(NC[C@H](O)c1cccc2ccccc12)Nc1ccc2c(c1)OCO2. The van der Waals surface area contributed by atoms with Gasteiger partial charge in [0.25, 0.3) is 0 Å². The fourth-order valence-electron chi connectivity index (χ4n) is 2.99. The number of fused-ring (bicyclic) bond motifs is 2. The molecule has 0 aromatic heterocycles. The minimum Gasteiger partial charge on any atom is -0.454 e. The summed E-state index contributed by atoms with van der Waals surface area (Å²) in [6.07, 6.45) is -0.802. The van der Waals surface area contributed by atoms with Gasteiger partial charge in [0.05, 0.1) is 6.10 Å². The minimum atomic E-state index is -0.802. The molecule has 0 spiro atoms. The van der Waals surface area contributed by atoms with E-state index in [-0.39, 0.29) is 13.3 Å². The quantitative estimate of drug-likeness (QED) is 0.673. The van der Waals surface area contributed by atoms with Gasteiger partial charge in [-0.2, -0.15) is 0 Å². The molecule has 0 aliphatic carbocycles. The van der Waals surface area contributed by atoms with Crippen LogP contribution in [0, 0.1) is 0 Å². The predicted molar refractivity (Wildman–Crippen MR) is 98.5 cm³/mol. The van der Waals surface area contributed by atoms with Gasteiger partial charge in [0.15, 0.2) is 11.5 Å². The number of nitrogens with one attached hydrogen (secondary N) is 2. The van der Waals surface area contributed by atoms with Crippen molar-refractivity contribution in [2.45, 2.75) is 6.10 Å². The van der Waals surface area contributed by atoms with Crippen LogP contribution in [0.15, 0.2) is 60.7 Å². The van der Waals surface area contributed by atoms with Crippen LogP contribution in [0.2, 0.25) is 0 Å². The Balaban J connectivity index is 1.39. The van der Waals surface area contributed by atoms with Gasteiger partial charge in [-0.05, 0) is 28.5 Å². The van der Waals surface area contributed by atoms with Crippen molar-refractivity contribution in [3.05, 3.63) is 66.2 Å². The molecule has 3 aromatic rings. The van der Waals surface area contributed by atoms with Crippen LogP contribution in [-0.2, 0) is 0 Å². The Morgan fingerprint density at radius 2 is 1.85 bits per heavy atom. The molecule has 0 fully saturated rings. The number of aliphatic hydroxyl groups is 1. The molecule has 0 saturated heterocycles. The molecular formula is C20H18N2O4. The number of anilines is 1. The molecule has 4 rings (SSSR count). The fourth-order valence-corrected chi connectivity index (χ4v) is 2.99. The van der Waals surface area contributed by atoms with Gasteiger partial charge in [-0.3, -0.25) is 0 Å². The molecule has 132 valence electrons. The number of hydrogen-bond donors (Lipinski definition) is 3. The molecule has 1 heterocycles. The van der Waals surface area contributed by atoms with Crippen molar-refractivity contribution in [2.24, 2.45) is 0 Å². The maximum absolute atomic E-state index is 12.1. The second-order valence-corrected chi connectivity index (χ2v) is 5.99. The Morgan fingerprint density at radius 3 is 2.77 bits per heavy atom. The molecule has 3 N–H and O–H groups in total. The van der Waals surface area contributed by atoms with E-state index in [0.717, 1.165) is 16.3 Å². The van der Waals surface area contributed by atoms with Crippen molar-refractivity contribution in [2.75, 3.05) is 18.7 Å². The third-order valence-electron chi connectivity index (χ3n) is 4.27. The Labute approximate surface area is 150 Å². The second-order valence-electron chi connectivity index (χ2n) is 5.99. The van der Waals surface area contributed by atoms with Crippen molar-refractivity contribution >= 4 is 22.5 Å². The zero-order valence-electron chi connectivity index (χ0n) is 13.9. The van der Waals surface area contributed by atoms with Gasteiger partial charge in [-0.25, -0.2) is 4.79 Å². The summed E-state index contributed by atoms with van der Waals surface area (Å²) in [6.45, 7) is 0.284. The summed E-state index contributed by atoms with van der Waals surface area (Å²) in [7, 11) is 0. The van der Waals surface area contributed by atoms with Gasteiger partial charge in [0.1, 0.15) is 0 Å². The Morgan fingerprint density at radius 1 is 1.04 bits per heavy atom. The van der Waals surface area contributed by atoms with Crippen LogP contribution in [0.3, 0.4) is 0 Å². The molecule has 1 atom stereocenters. The molecule has 0 radical (unpaired) electrons. The Kier molecular flexibility index (Phi) is 4.33. The van der Waals surface area contributed by atoms with Crippen LogP contribution in [0.25, 0.3) is 10.8 Å². The molecule has 26 heavy (non-hydrogen) atoms. The number of ether oxygens (including phenoxy) is 2. The molecule has 1 aliphatic rings. The average Bonchev–Trinajstić information content (AvgIpc) is 3.13. The number of carbonyl (C=O) groups is 1. The highest BCUT2D eigenvalue weighted by Crippen LogP contribution is 2.34. The third-order valence-corrected chi connectivity index (χ3v) is 4.27. The normalized spacial score (nSPS) is 13.4. The average molecular weight is 350 g/mol. The van der Waals surface area contributed by atoms with Gasteiger partial charge >= 0.3 is 6.03 Å². The molecule has 0 bridgehead atoms. The van der Waals surface area contributed by atoms with E-state index in [2.05, 4.69) is 10.6 Å². The van der Waals surface area contributed by atoms with Crippen molar-refractivity contribution in [1.82, 2.24) is 5.32 Å².